The van der Waals surface area contributed by atoms with Gasteiger partial charge in [0.05, 0.1) is 0 Å². The number of rotatable bonds is 4. The van der Waals surface area contributed by atoms with Gasteiger partial charge in [-0.25, -0.2) is 0 Å². The van der Waals surface area contributed by atoms with Gasteiger partial charge in [0.25, 0.3) is 5.97 Å². The molecule has 5 N–H and O–H groups in total. The van der Waals surface area contributed by atoms with Crippen LogP contribution in [-0.2, 0) is 4.79 Å². The molecule has 0 fully saturated rings. The SMILES string of the molecule is C=CC(=C/C)/C(/C=C\C)=C\C.CC(=O)O.CCN=C(N)N. The van der Waals surface area contributed by atoms with Crippen molar-refractivity contribution in [2.45, 2.75) is 34.6 Å². The Balaban J connectivity index is -0.000000272. The Morgan fingerprint density at radius 2 is 1.62 bits per heavy atom. The molecule has 0 saturated heterocycles. The van der Waals surface area contributed by atoms with Crippen molar-refractivity contribution < 1.29 is 9.90 Å². The summed E-state index contributed by atoms with van der Waals surface area (Å²) in [6.07, 6.45) is 10.1. The molecule has 0 saturated carbocycles. The number of hydrogen-bond donors (Lipinski definition) is 3. The highest BCUT2D eigenvalue weighted by atomic mass is 16.4. The molecule has 5 heteroatoms. The van der Waals surface area contributed by atoms with Crippen LogP contribution in [0.15, 0.2) is 53.1 Å². The van der Waals surface area contributed by atoms with Crippen molar-refractivity contribution in [2.75, 3.05) is 6.54 Å². The number of aliphatic carboxylic acids is 1. The highest BCUT2D eigenvalue weighted by molar-refractivity contribution is 5.75. The van der Waals surface area contributed by atoms with Gasteiger partial charge in [-0.15, -0.1) is 0 Å². The quantitative estimate of drug-likeness (QED) is 0.421. The minimum Gasteiger partial charge on any atom is -0.481 e. The van der Waals surface area contributed by atoms with Crippen molar-refractivity contribution in [3.8, 4) is 0 Å². The van der Waals surface area contributed by atoms with Gasteiger partial charge in [0.15, 0.2) is 5.96 Å². The Morgan fingerprint density at radius 3 is 1.76 bits per heavy atom. The fourth-order valence-electron chi connectivity index (χ4n) is 1.12. The number of allylic oxidation sites excluding steroid dienone is 7. The lowest BCUT2D eigenvalue weighted by Gasteiger charge is -1.99. The van der Waals surface area contributed by atoms with Gasteiger partial charge in [0, 0.05) is 13.5 Å². The smallest absolute Gasteiger partial charge is 0.300 e. The van der Waals surface area contributed by atoms with Crippen LogP contribution in [0, 0.1) is 0 Å². The first-order valence-corrected chi connectivity index (χ1v) is 6.63. The molecule has 0 aliphatic heterocycles. The number of aliphatic imine (C=N–C) groups is 1. The lowest BCUT2D eigenvalue weighted by Crippen LogP contribution is -2.22. The molecule has 0 heterocycles. The molecule has 5 nitrogen and oxygen atoms in total. The van der Waals surface area contributed by atoms with Gasteiger partial charge in [0.2, 0.25) is 0 Å². The number of nitrogens with zero attached hydrogens (tertiary/aromatic N) is 1. The van der Waals surface area contributed by atoms with E-state index in [9.17, 15) is 0 Å². The van der Waals surface area contributed by atoms with Crippen molar-refractivity contribution in [2.24, 2.45) is 16.5 Å². The molecule has 120 valence electrons. The van der Waals surface area contributed by atoms with Gasteiger partial charge in [-0.05, 0) is 38.8 Å². The zero-order chi connectivity index (χ0) is 17.3. The average Bonchev–Trinajstić information content (AvgIpc) is 2.39. The number of carboxylic acids is 1. The normalized spacial score (nSPS) is 10.7. The van der Waals surface area contributed by atoms with Crippen molar-refractivity contribution in [1.29, 1.82) is 0 Å². The summed E-state index contributed by atoms with van der Waals surface area (Å²) in [7, 11) is 0. The number of carboxylic acid groups (broad SMARTS) is 1. The standard InChI is InChI=1S/C11H16.C3H9N3.C2H4O2/c1-5-9-11(8-4)10(6-2)7-3;1-2-6-3(4)5;1-2(3)4/h5-9H,2H2,1,3-4H3;2H2,1H3,(H4,4,5,6);1H3,(H,3,4)/b9-5-,10-7-,11-8-;;. The van der Waals surface area contributed by atoms with Crippen LogP contribution in [0.2, 0.25) is 0 Å². The molecule has 0 aliphatic rings. The summed E-state index contributed by atoms with van der Waals surface area (Å²) in [6.45, 7) is 13.4. The van der Waals surface area contributed by atoms with Crippen LogP contribution in [0.4, 0.5) is 0 Å². The summed E-state index contributed by atoms with van der Waals surface area (Å²) >= 11 is 0. The van der Waals surface area contributed by atoms with Crippen molar-refractivity contribution in [1.82, 2.24) is 0 Å². The van der Waals surface area contributed by atoms with Crippen LogP contribution in [0.5, 0.6) is 0 Å². The molecule has 0 bridgehead atoms. The zero-order valence-electron chi connectivity index (χ0n) is 13.8. The molecule has 0 atom stereocenters. The lowest BCUT2D eigenvalue weighted by molar-refractivity contribution is -0.134. The number of carbonyl (C=O) groups is 1. The maximum atomic E-state index is 9.00. The van der Waals surface area contributed by atoms with Crippen LogP contribution in [-0.4, -0.2) is 23.6 Å². The third-order valence-corrected chi connectivity index (χ3v) is 1.86. The van der Waals surface area contributed by atoms with Gasteiger partial charge in [0.1, 0.15) is 0 Å². The number of hydrogen-bond acceptors (Lipinski definition) is 2. The third-order valence-electron chi connectivity index (χ3n) is 1.86. The molecule has 0 radical (unpaired) electrons. The third kappa shape index (κ3) is 23.2. The summed E-state index contributed by atoms with van der Waals surface area (Å²) in [5, 5.41) is 7.42. The second-order valence-corrected chi connectivity index (χ2v) is 3.61. The summed E-state index contributed by atoms with van der Waals surface area (Å²) < 4.78 is 0. The van der Waals surface area contributed by atoms with Gasteiger partial charge in [-0.2, -0.15) is 0 Å². The van der Waals surface area contributed by atoms with Gasteiger partial charge < -0.3 is 16.6 Å². The van der Waals surface area contributed by atoms with Crippen LogP contribution < -0.4 is 11.5 Å². The van der Waals surface area contributed by atoms with E-state index in [-0.39, 0.29) is 5.96 Å². The predicted molar refractivity (Wildman–Crippen MR) is 92.2 cm³/mol. The van der Waals surface area contributed by atoms with E-state index in [1.807, 2.05) is 39.8 Å². The molecule has 0 aromatic rings. The molecule has 0 amide bonds. The monoisotopic (exact) mass is 295 g/mol. The van der Waals surface area contributed by atoms with Crippen molar-refractivity contribution in [3.63, 3.8) is 0 Å². The van der Waals surface area contributed by atoms with E-state index >= 15 is 0 Å². The van der Waals surface area contributed by atoms with Gasteiger partial charge in [-0.3, -0.25) is 9.79 Å². The highest BCUT2D eigenvalue weighted by Crippen LogP contribution is 2.11. The van der Waals surface area contributed by atoms with E-state index in [2.05, 4.69) is 29.8 Å². The first kappa shape index (κ1) is 23.8. The maximum Gasteiger partial charge on any atom is 0.300 e. The van der Waals surface area contributed by atoms with E-state index < -0.39 is 5.97 Å². The van der Waals surface area contributed by atoms with E-state index in [1.54, 1.807) is 0 Å². The minimum atomic E-state index is -0.833. The van der Waals surface area contributed by atoms with E-state index in [4.69, 9.17) is 21.4 Å². The Bertz CT molecular complexity index is 398. The molecule has 0 spiro atoms. The fourth-order valence-corrected chi connectivity index (χ4v) is 1.12. The highest BCUT2D eigenvalue weighted by Gasteiger charge is 1.92. The Morgan fingerprint density at radius 1 is 1.19 bits per heavy atom. The van der Waals surface area contributed by atoms with Crippen LogP contribution >= 0.6 is 0 Å². The fraction of sp³-hybridized carbons (Fsp3) is 0.375. The molecule has 21 heavy (non-hydrogen) atoms. The van der Waals surface area contributed by atoms with Crippen LogP contribution in [0.3, 0.4) is 0 Å². The molecule has 0 aromatic carbocycles. The zero-order valence-corrected chi connectivity index (χ0v) is 13.8. The second kappa shape index (κ2) is 17.7. The topological polar surface area (TPSA) is 102 Å². The molecule has 0 rings (SSSR count). The minimum absolute atomic E-state index is 0.164. The van der Waals surface area contributed by atoms with E-state index in [0.29, 0.717) is 6.54 Å². The van der Waals surface area contributed by atoms with Crippen LogP contribution in [0.25, 0.3) is 0 Å². The van der Waals surface area contributed by atoms with E-state index in [0.717, 1.165) is 6.92 Å². The van der Waals surface area contributed by atoms with Crippen molar-refractivity contribution in [3.05, 3.63) is 48.1 Å². The summed E-state index contributed by atoms with van der Waals surface area (Å²) in [6, 6.07) is 0. The summed E-state index contributed by atoms with van der Waals surface area (Å²) in [4.78, 5) is 12.6. The average molecular weight is 295 g/mol. The van der Waals surface area contributed by atoms with E-state index in [1.165, 1.54) is 11.1 Å². The summed E-state index contributed by atoms with van der Waals surface area (Å²) in [5.41, 5.74) is 12.3. The molecule has 0 aliphatic carbocycles. The second-order valence-electron chi connectivity index (χ2n) is 3.61. The first-order valence-electron chi connectivity index (χ1n) is 6.63. The number of nitrogens with two attached hydrogens (primary N) is 2. The summed E-state index contributed by atoms with van der Waals surface area (Å²) in [5.74, 6) is -0.669. The predicted octanol–water partition coefficient (Wildman–Crippen LogP) is 3.01. The molecule has 0 unspecified atom stereocenters. The lowest BCUT2D eigenvalue weighted by atomic mass is 10.1. The van der Waals surface area contributed by atoms with Crippen LogP contribution in [0.1, 0.15) is 34.6 Å². The maximum absolute atomic E-state index is 9.00. The molecular weight excluding hydrogens is 266 g/mol. The number of guanidine groups is 1. The Labute approximate surface area is 128 Å². The van der Waals surface area contributed by atoms with Crippen molar-refractivity contribution >= 4 is 11.9 Å². The van der Waals surface area contributed by atoms with Gasteiger partial charge >= 0.3 is 0 Å². The molecular formula is C16H29N3O2. The van der Waals surface area contributed by atoms with Gasteiger partial charge in [-0.1, -0.05) is 37.0 Å². The Kier molecular flexibility index (Phi) is 20.0. The largest absolute Gasteiger partial charge is 0.481 e. The Hall–Kier alpha value is -2.30. The molecule has 0 aromatic heterocycles. The first-order chi connectivity index (χ1) is 9.80.